The standard InChI is InChI=1S/C19H23N5O3/c1-27-17-5-3-2-4-15(17)6-7-20-18-12-16(21-13-22-18)19(26)24-10-8-23(14-25)9-11-24/h2-5,12-14H,6-11H2,1H3,(H,20,21,22). The number of piperazine rings is 1. The molecule has 27 heavy (non-hydrogen) atoms. The monoisotopic (exact) mass is 369 g/mol. The van der Waals surface area contributed by atoms with Gasteiger partial charge in [-0.3, -0.25) is 9.59 Å². The molecule has 1 fully saturated rings. The van der Waals surface area contributed by atoms with Crippen molar-refractivity contribution in [1.82, 2.24) is 19.8 Å². The van der Waals surface area contributed by atoms with Crippen LogP contribution < -0.4 is 10.1 Å². The van der Waals surface area contributed by atoms with Gasteiger partial charge in [0.1, 0.15) is 23.6 Å². The maximum Gasteiger partial charge on any atom is 0.272 e. The van der Waals surface area contributed by atoms with E-state index in [0.29, 0.717) is 44.2 Å². The molecule has 1 N–H and O–H groups in total. The lowest BCUT2D eigenvalue weighted by atomic mass is 10.1. The summed E-state index contributed by atoms with van der Waals surface area (Å²) in [5.41, 5.74) is 1.45. The summed E-state index contributed by atoms with van der Waals surface area (Å²) in [5, 5.41) is 3.23. The highest BCUT2D eigenvalue weighted by Gasteiger charge is 2.22. The molecule has 0 atom stereocenters. The molecule has 1 aromatic heterocycles. The first-order valence-corrected chi connectivity index (χ1v) is 8.87. The molecule has 0 radical (unpaired) electrons. The molecule has 1 aromatic carbocycles. The Bertz CT molecular complexity index is 790. The summed E-state index contributed by atoms with van der Waals surface area (Å²) in [7, 11) is 1.66. The van der Waals surface area contributed by atoms with Crippen LogP contribution in [-0.4, -0.2) is 71.9 Å². The molecule has 0 spiro atoms. The lowest BCUT2D eigenvalue weighted by Crippen LogP contribution is -2.48. The fourth-order valence-corrected chi connectivity index (χ4v) is 3.00. The van der Waals surface area contributed by atoms with E-state index < -0.39 is 0 Å². The second-order valence-corrected chi connectivity index (χ2v) is 6.21. The van der Waals surface area contributed by atoms with Gasteiger partial charge >= 0.3 is 0 Å². The number of benzene rings is 1. The average Bonchev–Trinajstić information content (AvgIpc) is 2.74. The van der Waals surface area contributed by atoms with Gasteiger partial charge in [0, 0.05) is 38.8 Å². The summed E-state index contributed by atoms with van der Waals surface area (Å²) in [5.74, 6) is 1.32. The highest BCUT2D eigenvalue weighted by molar-refractivity contribution is 5.93. The number of hydrogen-bond acceptors (Lipinski definition) is 6. The first-order chi connectivity index (χ1) is 13.2. The summed E-state index contributed by atoms with van der Waals surface area (Å²) in [6, 6.07) is 9.53. The molecular weight excluding hydrogens is 346 g/mol. The quantitative estimate of drug-likeness (QED) is 0.734. The Morgan fingerprint density at radius 2 is 2.00 bits per heavy atom. The first kappa shape index (κ1) is 18.6. The number of aromatic nitrogens is 2. The van der Waals surface area contributed by atoms with Crippen LogP contribution in [0.4, 0.5) is 5.82 Å². The fraction of sp³-hybridized carbons (Fsp3) is 0.368. The van der Waals surface area contributed by atoms with Gasteiger partial charge in [-0.2, -0.15) is 0 Å². The second kappa shape index (κ2) is 8.98. The average molecular weight is 369 g/mol. The van der Waals surface area contributed by atoms with Gasteiger partial charge in [-0.15, -0.1) is 0 Å². The second-order valence-electron chi connectivity index (χ2n) is 6.21. The Morgan fingerprint density at radius 3 is 2.74 bits per heavy atom. The van der Waals surface area contributed by atoms with Crippen LogP contribution in [0.1, 0.15) is 16.1 Å². The molecule has 0 saturated carbocycles. The van der Waals surface area contributed by atoms with Crippen molar-refractivity contribution in [1.29, 1.82) is 0 Å². The molecule has 0 unspecified atom stereocenters. The Hall–Kier alpha value is -3.16. The number of hydrogen-bond donors (Lipinski definition) is 1. The van der Waals surface area contributed by atoms with Crippen LogP contribution in [0.3, 0.4) is 0 Å². The molecule has 2 amide bonds. The highest BCUT2D eigenvalue weighted by Crippen LogP contribution is 2.18. The number of nitrogens with zero attached hydrogens (tertiary/aromatic N) is 4. The number of nitrogens with one attached hydrogen (secondary N) is 1. The molecule has 0 aliphatic carbocycles. The summed E-state index contributed by atoms with van der Waals surface area (Å²) >= 11 is 0. The molecule has 3 rings (SSSR count). The van der Waals surface area contributed by atoms with E-state index in [-0.39, 0.29) is 5.91 Å². The van der Waals surface area contributed by atoms with Crippen LogP contribution in [0.2, 0.25) is 0 Å². The Balaban J connectivity index is 1.57. The molecule has 8 nitrogen and oxygen atoms in total. The van der Waals surface area contributed by atoms with Crippen molar-refractivity contribution in [3.05, 3.63) is 47.9 Å². The Morgan fingerprint density at radius 1 is 1.22 bits per heavy atom. The van der Waals surface area contributed by atoms with Crippen LogP contribution in [0.25, 0.3) is 0 Å². The van der Waals surface area contributed by atoms with E-state index in [1.54, 1.807) is 23.0 Å². The largest absolute Gasteiger partial charge is 0.496 e. The summed E-state index contributed by atoms with van der Waals surface area (Å²) in [4.78, 5) is 35.0. The van der Waals surface area contributed by atoms with Gasteiger partial charge in [0.05, 0.1) is 7.11 Å². The topological polar surface area (TPSA) is 87.7 Å². The SMILES string of the molecule is COc1ccccc1CCNc1cc(C(=O)N2CCN(C=O)CC2)ncn1. The lowest BCUT2D eigenvalue weighted by Gasteiger charge is -2.32. The van der Waals surface area contributed by atoms with Gasteiger partial charge in [0.25, 0.3) is 5.91 Å². The predicted octanol–water partition coefficient (Wildman–Crippen LogP) is 1.05. The number of carbonyl (C=O) groups excluding carboxylic acids is 2. The van der Waals surface area contributed by atoms with Gasteiger partial charge in [-0.1, -0.05) is 18.2 Å². The summed E-state index contributed by atoms with van der Waals surface area (Å²) in [6.07, 6.45) is 2.97. The van der Waals surface area contributed by atoms with Crippen LogP contribution in [0.5, 0.6) is 5.75 Å². The smallest absolute Gasteiger partial charge is 0.272 e. The molecule has 2 heterocycles. The van der Waals surface area contributed by atoms with E-state index >= 15 is 0 Å². The van der Waals surface area contributed by atoms with Gasteiger partial charge in [-0.05, 0) is 18.1 Å². The normalized spacial score (nSPS) is 14.0. The number of amides is 2. The maximum absolute atomic E-state index is 12.6. The fourth-order valence-electron chi connectivity index (χ4n) is 3.00. The molecule has 2 aromatic rings. The third kappa shape index (κ3) is 4.72. The molecule has 1 aliphatic rings. The number of anilines is 1. The first-order valence-electron chi connectivity index (χ1n) is 8.87. The van der Waals surface area contributed by atoms with Crippen molar-refractivity contribution < 1.29 is 14.3 Å². The van der Waals surface area contributed by atoms with Crippen molar-refractivity contribution >= 4 is 18.1 Å². The number of carbonyl (C=O) groups is 2. The molecule has 0 bridgehead atoms. The maximum atomic E-state index is 12.6. The summed E-state index contributed by atoms with van der Waals surface area (Å²) in [6.45, 7) is 2.77. The van der Waals surface area contributed by atoms with Crippen molar-refractivity contribution in [2.75, 3.05) is 45.2 Å². The zero-order valence-electron chi connectivity index (χ0n) is 15.3. The summed E-state index contributed by atoms with van der Waals surface area (Å²) < 4.78 is 5.35. The Kier molecular flexibility index (Phi) is 6.19. The van der Waals surface area contributed by atoms with E-state index in [1.807, 2.05) is 24.3 Å². The molecule has 8 heteroatoms. The van der Waals surface area contributed by atoms with Gasteiger partial charge < -0.3 is 19.9 Å². The van der Waals surface area contributed by atoms with Crippen LogP contribution >= 0.6 is 0 Å². The van der Waals surface area contributed by atoms with Crippen LogP contribution in [-0.2, 0) is 11.2 Å². The lowest BCUT2D eigenvalue weighted by molar-refractivity contribution is -0.119. The highest BCUT2D eigenvalue weighted by atomic mass is 16.5. The molecule has 1 saturated heterocycles. The zero-order valence-corrected chi connectivity index (χ0v) is 15.3. The predicted molar refractivity (Wildman–Crippen MR) is 101 cm³/mol. The minimum Gasteiger partial charge on any atom is -0.496 e. The van der Waals surface area contributed by atoms with Crippen LogP contribution in [0, 0.1) is 0 Å². The van der Waals surface area contributed by atoms with Crippen molar-refractivity contribution in [2.24, 2.45) is 0 Å². The number of ether oxygens (including phenoxy) is 1. The van der Waals surface area contributed by atoms with Crippen molar-refractivity contribution in [3.8, 4) is 5.75 Å². The Labute approximate surface area is 158 Å². The van der Waals surface area contributed by atoms with Gasteiger partial charge in [0.15, 0.2) is 0 Å². The van der Waals surface area contributed by atoms with Crippen molar-refractivity contribution in [3.63, 3.8) is 0 Å². The van der Waals surface area contributed by atoms with E-state index in [1.165, 1.54) is 6.33 Å². The van der Waals surface area contributed by atoms with Gasteiger partial charge in [-0.25, -0.2) is 9.97 Å². The number of para-hydroxylation sites is 1. The van der Waals surface area contributed by atoms with Crippen LogP contribution in [0.15, 0.2) is 36.7 Å². The minimum atomic E-state index is -0.143. The van der Waals surface area contributed by atoms with E-state index in [2.05, 4.69) is 15.3 Å². The molecule has 142 valence electrons. The van der Waals surface area contributed by atoms with Gasteiger partial charge in [0.2, 0.25) is 6.41 Å². The van der Waals surface area contributed by atoms with E-state index in [0.717, 1.165) is 24.1 Å². The molecular formula is C19H23N5O3. The minimum absolute atomic E-state index is 0.143. The zero-order chi connectivity index (χ0) is 19.1. The molecule has 1 aliphatic heterocycles. The number of methoxy groups -OCH3 is 1. The number of rotatable bonds is 7. The van der Waals surface area contributed by atoms with E-state index in [4.69, 9.17) is 4.74 Å². The van der Waals surface area contributed by atoms with E-state index in [9.17, 15) is 9.59 Å². The third-order valence-electron chi connectivity index (χ3n) is 4.53. The van der Waals surface area contributed by atoms with Crippen molar-refractivity contribution in [2.45, 2.75) is 6.42 Å². The third-order valence-corrected chi connectivity index (χ3v) is 4.53.